The van der Waals surface area contributed by atoms with E-state index in [0.717, 1.165) is 22.4 Å². The largest absolute Gasteiger partial charge is 0.486 e. The molecule has 0 radical (unpaired) electrons. The number of nitrogens with one attached hydrogen (secondary N) is 1. The number of benzene rings is 3. The van der Waals surface area contributed by atoms with Gasteiger partial charge in [0.05, 0.1) is 12.1 Å². The van der Waals surface area contributed by atoms with Crippen LogP contribution in [0.25, 0.3) is 22.5 Å². The molecule has 154 valence electrons. The van der Waals surface area contributed by atoms with Gasteiger partial charge in [0.2, 0.25) is 5.91 Å². The van der Waals surface area contributed by atoms with Gasteiger partial charge in [-0.1, -0.05) is 53.7 Å². The summed E-state index contributed by atoms with van der Waals surface area (Å²) in [4.78, 5) is 12.7. The molecule has 0 fully saturated rings. The third-order valence-corrected chi connectivity index (χ3v) is 5.01. The summed E-state index contributed by atoms with van der Waals surface area (Å²) in [6.07, 6.45) is 0.108. The van der Waals surface area contributed by atoms with Crippen LogP contribution in [-0.4, -0.2) is 24.3 Å². The Hall–Kier alpha value is -4.06. The number of amides is 1. The summed E-state index contributed by atoms with van der Waals surface area (Å²) in [6, 6.07) is 25.0. The molecule has 0 saturated heterocycles. The van der Waals surface area contributed by atoms with Crippen molar-refractivity contribution < 1.29 is 18.8 Å². The van der Waals surface area contributed by atoms with E-state index in [2.05, 4.69) is 10.5 Å². The first-order valence-corrected chi connectivity index (χ1v) is 10.1. The molecular formula is C25H20N2O4. The maximum Gasteiger partial charge on any atom is 0.230 e. The number of ether oxygens (including phenoxy) is 2. The van der Waals surface area contributed by atoms with Gasteiger partial charge in [-0.2, -0.15) is 0 Å². The fraction of sp³-hybridized carbons (Fsp3) is 0.120. The average molecular weight is 412 g/mol. The minimum Gasteiger partial charge on any atom is -0.486 e. The molecule has 3 aromatic carbocycles. The van der Waals surface area contributed by atoms with Gasteiger partial charge in [0.25, 0.3) is 0 Å². The third-order valence-electron chi connectivity index (χ3n) is 5.01. The van der Waals surface area contributed by atoms with Crippen LogP contribution in [0.1, 0.15) is 5.69 Å². The molecule has 0 bridgehead atoms. The van der Waals surface area contributed by atoms with Crippen molar-refractivity contribution in [2.75, 3.05) is 18.5 Å². The van der Waals surface area contributed by atoms with Crippen molar-refractivity contribution >= 4 is 11.6 Å². The molecule has 0 unspecified atom stereocenters. The quantitative estimate of drug-likeness (QED) is 0.501. The van der Waals surface area contributed by atoms with Crippen molar-refractivity contribution in [3.63, 3.8) is 0 Å². The van der Waals surface area contributed by atoms with Gasteiger partial charge in [-0.25, -0.2) is 0 Å². The first kappa shape index (κ1) is 18.9. The number of carbonyl (C=O) groups is 1. The second-order valence-electron chi connectivity index (χ2n) is 7.18. The molecule has 6 heteroatoms. The van der Waals surface area contributed by atoms with E-state index in [1.165, 1.54) is 0 Å². The highest BCUT2D eigenvalue weighted by molar-refractivity contribution is 5.96. The molecular weight excluding hydrogens is 392 g/mol. The Balaban J connectivity index is 1.30. The van der Waals surface area contributed by atoms with Gasteiger partial charge in [-0.05, 0) is 29.8 Å². The lowest BCUT2D eigenvalue weighted by atomic mass is 10.0. The van der Waals surface area contributed by atoms with Crippen LogP contribution < -0.4 is 14.8 Å². The van der Waals surface area contributed by atoms with Crippen molar-refractivity contribution in [2.24, 2.45) is 0 Å². The molecule has 5 rings (SSSR count). The average Bonchev–Trinajstić information content (AvgIpc) is 3.28. The van der Waals surface area contributed by atoms with Crippen LogP contribution in [0.2, 0.25) is 0 Å². The van der Waals surface area contributed by atoms with Crippen LogP contribution >= 0.6 is 0 Å². The first-order valence-electron chi connectivity index (χ1n) is 10.1. The third kappa shape index (κ3) is 4.14. The topological polar surface area (TPSA) is 73.6 Å². The minimum atomic E-state index is -0.162. The number of aromatic nitrogens is 1. The number of hydrogen-bond donors (Lipinski definition) is 1. The van der Waals surface area contributed by atoms with Gasteiger partial charge in [0, 0.05) is 22.9 Å². The van der Waals surface area contributed by atoms with E-state index in [0.29, 0.717) is 36.2 Å². The summed E-state index contributed by atoms with van der Waals surface area (Å²) in [6.45, 7) is 1.06. The van der Waals surface area contributed by atoms with Gasteiger partial charge in [-0.3, -0.25) is 4.79 Å². The van der Waals surface area contributed by atoms with Crippen LogP contribution in [0.5, 0.6) is 11.5 Å². The molecule has 1 aliphatic rings. The molecule has 1 amide bonds. The fourth-order valence-corrected chi connectivity index (χ4v) is 3.55. The van der Waals surface area contributed by atoms with Gasteiger partial charge in [0.1, 0.15) is 13.2 Å². The Morgan fingerprint density at radius 2 is 1.61 bits per heavy atom. The fourth-order valence-electron chi connectivity index (χ4n) is 3.55. The lowest BCUT2D eigenvalue weighted by Gasteiger charge is -2.18. The maximum absolute atomic E-state index is 12.7. The molecule has 0 saturated carbocycles. The summed E-state index contributed by atoms with van der Waals surface area (Å²) in [5.41, 5.74) is 4.14. The number of hydrogen-bond acceptors (Lipinski definition) is 5. The number of fused-ring (bicyclic) bond motifs is 1. The molecule has 4 aromatic rings. The number of anilines is 1. The van der Waals surface area contributed by atoms with E-state index in [1.807, 2.05) is 72.8 Å². The predicted molar refractivity (Wildman–Crippen MR) is 117 cm³/mol. The van der Waals surface area contributed by atoms with Crippen LogP contribution in [0.3, 0.4) is 0 Å². The lowest BCUT2D eigenvalue weighted by Crippen LogP contribution is -2.15. The van der Waals surface area contributed by atoms with Gasteiger partial charge in [0.15, 0.2) is 17.3 Å². The Labute approximate surface area is 179 Å². The zero-order valence-corrected chi connectivity index (χ0v) is 16.7. The molecule has 0 aliphatic carbocycles. The SMILES string of the molecule is O=C(Cc1cc(-c2ccc3c(c2)OCCO3)on1)Nc1ccccc1-c1ccccc1. The molecule has 2 heterocycles. The number of nitrogens with zero attached hydrogens (tertiary/aromatic N) is 1. The Morgan fingerprint density at radius 1 is 0.839 bits per heavy atom. The van der Waals surface area contributed by atoms with Crippen LogP contribution in [0.15, 0.2) is 83.4 Å². The highest BCUT2D eigenvalue weighted by atomic mass is 16.6. The maximum atomic E-state index is 12.7. The summed E-state index contributed by atoms with van der Waals surface area (Å²) >= 11 is 0. The Kier molecular flexibility index (Phi) is 5.10. The number of rotatable bonds is 5. The van der Waals surface area contributed by atoms with E-state index in [-0.39, 0.29) is 12.3 Å². The standard InChI is InChI=1S/C25H20N2O4/c28-25(26-21-9-5-4-8-20(21)17-6-2-1-3-7-17)16-19-15-23(31-27-19)18-10-11-22-24(14-18)30-13-12-29-22/h1-11,14-15H,12-13,16H2,(H,26,28). The van der Waals surface area contributed by atoms with Crippen molar-refractivity contribution in [2.45, 2.75) is 6.42 Å². The molecule has 31 heavy (non-hydrogen) atoms. The van der Waals surface area contributed by atoms with Crippen molar-refractivity contribution in [1.82, 2.24) is 5.16 Å². The zero-order chi connectivity index (χ0) is 21.0. The number of carbonyl (C=O) groups excluding carboxylic acids is 1. The summed E-state index contributed by atoms with van der Waals surface area (Å²) in [7, 11) is 0. The second kappa shape index (κ2) is 8.36. The highest BCUT2D eigenvalue weighted by Crippen LogP contribution is 2.34. The van der Waals surface area contributed by atoms with Gasteiger partial charge >= 0.3 is 0 Å². The van der Waals surface area contributed by atoms with Crippen LogP contribution in [0, 0.1) is 0 Å². The van der Waals surface area contributed by atoms with Crippen LogP contribution in [-0.2, 0) is 11.2 Å². The Bertz CT molecular complexity index is 1220. The summed E-state index contributed by atoms with van der Waals surface area (Å²) in [5.74, 6) is 1.80. The van der Waals surface area contributed by atoms with E-state index in [1.54, 1.807) is 6.07 Å². The number of para-hydroxylation sites is 1. The zero-order valence-electron chi connectivity index (χ0n) is 16.7. The molecule has 1 aliphatic heterocycles. The van der Waals surface area contributed by atoms with Gasteiger partial charge in [-0.15, -0.1) is 0 Å². The summed E-state index contributed by atoms with van der Waals surface area (Å²) < 4.78 is 16.6. The van der Waals surface area contributed by atoms with Crippen molar-refractivity contribution in [3.05, 3.63) is 84.6 Å². The van der Waals surface area contributed by atoms with E-state index >= 15 is 0 Å². The summed E-state index contributed by atoms with van der Waals surface area (Å²) in [5, 5.41) is 7.05. The van der Waals surface area contributed by atoms with Crippen LogP contribution in [0.4, 0.5) is 5.69 Å². The Morgan fingerprint density at radius 3 is 2.48 bits per heavy atom. The molecule has 1 N–H and O–H groups in total. The lowest BCUT2D eigenvalue weighted by molar-refractivity contribution is -0.115. The molecule has 1 aromatic heterocycles. The predicted octanol–water partition coefficient (Wildman–Crippen LogP) is 4.96. The monoisotopic (exact) mass is 412 g/mol. The smallest absolute Gasteiger partial charge is 0.230 e. The van der Waals surface area contributed by atoms with Crippen molar-refractivity contribution in [1.29, 1.82) is 0 Å². The second-order valence-corrected chi connectivity index (χ2v) is 7.18. The van der Waals surface area contributed by atoms with E-state index in [9.17, 15) is 4.79 Å². The van der Waals surface area contributed by atoms with E-state index < -0.39 is 0 Å². The highest BCUT2D eigenvalue weighted by Gasteiger charge is 2.16. The van der Waals surface area contributed by atoms with Gasteiger partial charge < -0.3 is 19.3 Å². The first-order chi connectivity index (χ1) is 15.3. The molecule has 6 nitrogen and oxygen atoms in total. The minimum absolute atomic E-state index is 0.108. The normalized spacial score (nSPS) is 12.4. The molecule has 0 atom stereocenters. The molecule has 0 spiro atoms. The van der Waals surface area contributed by atoms with Crippen molar-refractivity contribution in [3.8, 4) is 33.9 Å². The van der Waals surface area contributed by atoms with E-state index in [4.69, 9.17) is 14.0 Å².